The average molecular weight is 367 g/mol. The minimum absolute atomic E-state index is 0.117. The van der Waals surface area contributed by atoms with Gasteiger partial charge in [-0.25, -0.2) is 8.42 Å². The molecule has 0 aliphatic carbocycles. The maximum Gasteiger partial charge on any atom is 0.147 e. The summed E-state index contributed by atoms with van der Waals surface area (Å²) >= 11 is 2.26. The van der Waals surface area contributed by atoms with Crippen LogP contribution in [0, 0.1) is 3.57 Å². The van der Waals surface area contributed by atoms with E-state index in [1.54, 1.807) is 0 Å². The van der Waals surface area contributed by atoms with Crippen LogP contribution in [0.2, 0.25) is 0 Å². The molecule has 0 fully saturated rings. The molecule has 0 spiro atoms. The van der Waals surface area contributed by atoms with E-state index >= 15 is 0 Å². The Labute approximate surface area is 117 Å². The Hall–Kier alpha value is -0.140. The lowest BCUT2D eigenvalue weighted by atomic mass is 10.0. The Morgan fingerprint density at radius 3 is 2.35 bits per heavy atom. The minimum atomic E-state index is -2.90. The van der Waals surface area contributed by atoms with E-state index in [-0.39, 0.29) is 11.8 Å². The van der Waals surface area contributed by atoms with Crippen molar-refractivity contribution in [3.63, 3.8) is 0 Å². The quantitative estimate of drug-likeness (QED) is 0.786. The van der Waals surface area contributed by atoms with Crippen LogP contribution >= 0.6 is 22.6 Å². The summed E-state index contributed by atoms with van der Waals surface area (Å²) in [5.74, 6) is 0.219. The molecule has 0 aromatic heterocycles. The summed E-state index contributed by atoms with van der Waals surface area (Å²) in [7, 11) is -2.90. The van der Waals surface area contributed by atoms with Crippen molar-refractivity contribution in [2.45, 2.75) is 19.4 Å². The van der Waals surface area contributed by atoms with Crippen LogP contribution in [0.5, 0.6) is 0 Å². The van der Waals surface area contributed by atoms with Gasteiger partial charge in [0.1, 0.15) is 9.84 Å². The molecule has 1 aromatic carbocycles. The van der Waals surface area contributed by atoms with Crippen LogP contribution in [-0.4, -0.2) is 27.0 Å². The molecule has 96 valence electrons. The Kier molecular flexibility index (Phi) is 5.88. The summed E-state index contributed by atoms with van der Waals surface area (Å²) in [6.07, 6.45) is 1.90. The Balaban J connectivity index is 2.75. The average Bonchev–Trinajstić information content (AvgIpc) is 2.24. The van der Waals surface area contributed by atoms with Crippen molar-refractivity contribution >= 4 is 32.4 Å². The highest BCUT2D eigenvalue weighted by atomic mass is 127. The summed E-state index contributed by atoms with van der Waals surface area (Å²) in [6, 6.07) is 8.31. The van der Waals surface area contributed by atoms with E-state index < -0.39 is 9.84 Å². The van der Waals surface area contributed by atoms with Crippen LogP contribution in [0.25, 0.3) is 0 Å². The van der Waals surface area contributed by atoms with E-state index in [0.717, 1.165) is 12.1 Å². The number of hydrogen-bond acceptors (Lipinski definition) is 3. The maximum absolute atomic E-state index is 11.2. The van der Waals surface area contributed by atoms with Gasteiger partial charge in [0.15, 0.2) is 0 Å². The van der Waals surface area contributed by atoms with Crippen molar-refractivity contribution in [3.8, 4) is 0 Å². The van der Waals surface area contributed by atoms with Gasteiger partial charge in [-0.1, -0.05) is 19.1 Å². The number of benzene rings is 1. The van der Waals surface area contributed by atoms with E-state index in [9.17, 15) is 8.42 Å². The molecule has 1 unspecified atom stereocenters. The van der Waals surface area contributed by atoms with Crippen molar-refractivity contribution in [1.29, 1.82) is 0 Å². The van der Waals surface area contributed by atoms with Gasteiger partial charge in [0.05, 0.1) is 5.75 Å². The highest BCUT2D eigenvalue weighted by molar-refractivity contribution is 14.1. The second-order valence-corrected chi connectivity index (χ2v) is 7.59. The van der Waals surface area contributed by atoms with Gasteiger partial charge in [0.25, 0.3) is 0 Å². The Morgan fingerprint density at radius 1 is 1.29 bits per heavy atom. The van der Waals surface area contributed by atoms with E-state index in [2.05, 4.69) is 40.0 Å². The smallest absolute Gasteiger partial charge is 0.147 e. The number of halogens is 1. The molecule has 0 saturated heterocycles. The molecule has 5 heteroatoms. The summed E-state index contributed by atoms with van der Waals surface area (Å²) in [6.45, 7) is 2.86. The lowest BCUT2D eigenvalue weighted by Crippen LogP contribution is -2.23. The van der Waals surface area contributed by atoms with Crippen LogP contribution in [0.3, 0.4) is 0 Å². The van der Waals surface area contributed by atoms with Crippen LogP contribution in [-0.2, 0) is 9.84 Å². The predicted octanol–water partition coefficient (Wildman–Crippen LogP) is 2.38. The molecule has 0 bridgehead atoms. The number of hydrogen-bond donors (Lipinski definition) is 1. The van der Waals surface area contributed by atoms with Crippen LogP contribution in [0.4, 0.5) is 0 Å². The highest BCUT2D eigenvalue weighted by Gasteiger charge is 2.13. The molecule has 0 radical (unpaired) electrons. The third-order valence-electron chi connectivity index (χ3n) is 2.50. The number of nitrogens with one attached hydrogen (secondary N) is 1. The van der Waals surface area contributed by atoms with Gasteiger partial charge in [-0.3, -0.25) is 0 Å². The molecule has 17 heavy (non-hydrogen) atoms. The van der Waals surface area contributed by atoms with Crippen molar-refractivity contribution in [2.75, 3.05) is 18.6 Å². The third-order valence-corrected chi connectivity index (χ3v) is 4.20. The molecule has 1 N–H and O–H groups in total. The first-order chi connectivity index (χ1) is 7.92. The van der Waals surface area contributed by atoms with E-state index in [1.165, 1.54) is 9.83 Å². The molecular weight excluding hydrogens is 349 g/mol. The second-order valence-electron chi connectivity index (χ2n) is 4.08. The summed E-state index contributed by atoms with van der Waals surface area (Å²) in [5, 5.41) is 3.32. The summed E-state index contributed by atoms with van der Waals surface area (Å²) < 4.78 is 23.6. The molecule has 1 rings (SSSR count). The highest BCUT2D eigenvalue weighted by Crippen LogP contribution is 2.18. The van der Waals surface area contributed by atoms with Crippen LogP contribution in [0.1, 0.15) is 24.9 Å². The Bertz CT molecular complexity index is 442. The zero-order chi connectivity index (χ0) is 12.9. The molecule has 1 atom stereocenters. The molecule has 3 nitrogen and oxygen atoms in total. The van der Waals surface area contributed by atoms with Gasteiger partial charge in [-0.05, 0) is 53.3 Å². The van der Waals surface area contributed by atoms with E-state index in [0.29, 0.717) is 6.42 Å². The van der Waals surface area contributed by atoms with Crippen molar-refractivity contribution in [1.82, 2.24) is 5.32 Å². The van der Waals surface area contributed by atoms with Crippen LogP contribution in [0.15, 0.2) is 24.3 Å². The SMILES string of the molecule is CCNC(CCS(C)(=O)=O)c1ccc(I)cc1. The van der Waals surface area contributed by atoms with Gasteiger partial charge in [0, 0.05) is 15.9 Å². The first-order valence-electron chi connectivity index (χ1n) is 5.59. The second kappa shape index (κ2) is 6.70. The number of sulfone groups is 1. The first-order valence-corrected chi connectivity index (χ1v) is 8.73. The van der Waals surface area contributed by atoms with Gasteiger partial charge < -0.3 is 5.32 Å². The molecule has 0 aliphatic heterocycles. The van der Waals surface area contributed by atoms with Gasteiger partial charge in [-0.15, -0.1) is 0 Å². The lowest BCUT2D eigenvalue weighted by Gasteiger charge is -2.18. The fraction of sp³-hybridized carbons (Fsp3) is 0.500. The van der Waals surface area contributed by atoms with Crippen LogP contribution < -0.4 is 5.32 Å². The molecule has 0 saturated carbocycles. The first kappa shape index (κ1) is 14.9. The fourth-order valence-corrected chi connectivity index (χ4v) is 2.68. The Morgan fingerprint density at radius 2 is 1.88 bits per heavy atom. The summed E-state index contributed by atoms with van der Waals surface area (Å²) in [4.78, 5) is 0. The maximum atomic E-state index is 11.2. The number of rotatable bonds is 6. The lowest BCUT2D eigenvalue weighted by molar-refractivity contribution is 0.530. The van der Waals surface area contributed by atoms with Gasteiger partial charge >= 0.3 is 0 Å². The van der Waals surface area contributed by atoms with Gasteiger partial charge in [0.2, 0.25) is 0 Å². The van der Waals surface area contributed by atoms with Gasteiger partial charge in [-0.2, -0.15) is 0 Å². The molecule has 0 heterocycles. The zero-order valence-corrected chi connectivity index (χ0v) is 13.1. The van der Waals surface area contributed by atoms with Crippen molar-refractivity contribution in [3.05, 3.63) is 33.4 Å². The summed E-state index contributed by atoms with van der Waals surface area (Å²) in [5.41, 5.74) is 1.15. The molecular formula is C12H18INO2S. The monoisotopic (exact) mass is 367 g/mol. The molecule has 0 aliphatic rings. The van der Waals surface area contributed by atoms with E-state index in [1.807, 2.05) is 19.1 Å². The molecule has 0 amide bonds. The van der Waals surface area contributed by atoms with E-state index in [4.69, 9.17) is 0 Å². The topological polar surface area (TPSA) is 46.2 Å². The predicted molar refractivity (Wildman–Crippen MR) is 79.9 cm³/mol. The van der Waals surface area contributed by atoms with Crippen molar-refractivity contribution < 1.29 is 8.42 Å². The minimum Gasteiger partial charge on any atom is -0.310 e. The largest absolute Gasteiger partial charge is 0.310 e. The fourth-order valence-electron chi connectivity index (χ4n) is 1.66. The zero-order valence-electron chi connectivity index (χ0n) is 10.1. The third kappa shape index (κ3) is 5.83. The van der Waals surface area contributed by atoms with Crippen molar-refractivity contribution in [2.24, 2.45) is 0 Å². The molecule has 1 aromatic rings. The standard InChI is InChI=1S/C12H18INO2S/c1-3-14-12(8-9-17(2,15)16)10-4-6-11(13)7-5-10/h4-7,12,14H,3,8-9H2,1-2H3. The normalized spacial score (nSPS) is 13.6.